The lowest BCUT2D eigenvalue weighted by Crippen LogP contribution is -2.10. The largest absolute Gasteiger partial charge is 0.278 e. The predicted molar refractivity (Wildman–Crippen MR) is 230 cm³/mol. The van der Waals surface area contributed by atoms with Gasteiger partial charge in [0.15, 0.2) is 5.82 Å². The molecule has 8 aromatic carbocycles. The topological polar surface area (TPSA) is 48.5 Å². The average Bonchev–Trinajstić information content (AvgIpc) is 3.96. The van der Waals surface area contributed by atoms with Gasteiger partial charge in [0.1, 0.15) is 0 Å². The van der Waals surface area contributed by atoms with E-state index < -0.39 is 109 Å². The summed E-state index contributed by atoms with van der Waals surface area (Å²) >= 11 is 0. The first-order valence-electron chi connectivity index (χ1n) is 25.6. The Balaban J connectivity index is 1.24. The molecule has 56 heavy (non-hydrogen) atoms. The number of hydrogen-bond acceptors (Lipinski definition) is 3. The van der Waals surface area contributed by atoms with E-state index in [9.17, 15) is 5.48 Å². The second kappa shape index (κ2) is 13.0. The SMILES string of the molecule is [2H]c1c([2H])c([2H])c2c(c1[2H])c1c([2H])c([2H])c([2H])c([2H])c1n2-c1nc(-c2ccc(-c3ccccc3-c3ccccc3-c3ccccc3)cc2)nc(-n2c3c([2H])c([2H])c([2H])c([2H])c3c3c([2H])c([2H])c([2H])c([2H])c32)n1. The van der Waals surface area contributed by atoms with Gasteiger partial charge in [-0.2, -0.15) is 15.0 Å². The lowest BCUT2D eigenvalue weighted by Gasteiger charge is -2.15. The van der Waals surface area contributed by atoms with Crippen molar-refractivity contribution < 1.29 is 21.9 Å². The molecule has 0 spiro atoms. The van der Waals surface area contributed by atoms with Crippen LogP contribution in [0.2, 0.25) is 0 Å². The summed E-state index contributed by atoms with van der Waals surface area (Å²) in [5, 5.41) is -1.04. The molecule has 0 N–H and O–H groups in total. The fourth-order valence-corrected chi connectivity index (χ4v) is 7.28. The first-order valence-corrected chi connectivity index (χ1v) is 17.6. The molecule has 11 aromatic rings. The first-order chi connectivity index (χ1) is 34.4. The maximum atomic E-state index is 9.19. The molecule has 0 radical (unpaired) electrons. The van der Waals surface area contributed by atoms with Crippen molar-refractivity contribution in [3.05, 3.63) is 200 Å². The van der Waals surface area contributed by atoms with E-state index >= 15 is 0 Å². The first kappa shape index (κ1) is 19.6. The van der Waals surface area contributed by atoms with Crippen LogP contribution in [0.4, 0.5) is 0 Å². The Morgan fingerprint density at radius 2 is 0.661 bits per heavy atom. The number of nitrogens with zero attached hydrogens (tertiary/aromatic N) is 5. The highest BCUT2D eigenvalue weighted by molar-refractivity contribution is 6.10. The van der Waals surface area contributed by atoms with Gasteiger partial charge in [0.2, 0.25) is 11.9 Å². The Morgan fingerprint density at radius 3 is 1.09 bits per heavy atom. The van der Waals surface area contributed by atoms with Crippen molar-refractivity contribution in [3.8, 4) is 56.7 Å². The van der Waals surface area contributed by atoms with E-state index in [2.05, 4.69) is 12.1 Å². The van der Waals surface area contributed by atoms with Crippen LogP contribution in [-0.2, 0) is 0 Å². The summed E-state index contributed by atoms with van der Waals surface area (Å²) < 4.78 is 144. The van der Waals surface area contributed by atoms with Crippen LogP contribution in [0.5, 0.6) is 0 Å². The van der Waals surface area contributed by atoms with Gasteiger partial charge in [0, 0.05) is 27.1 Å². The summed E-state index contributed by atoms with van der Waals surface area (Å²) in [7, 11) is 0. The van der Waals surface area contributed by atoms with Crippen LogP contribution in [0.25, 0.3) is 100 Å². The quantitative estimate of drug-likeness (QED) is 0.171. The Labute approximate surface area is 345 Å². The van der Waals surface area contributed by atoms with Crippen LogP contribution >= 0.6 is 0 Å². The molecule has 0 fully saturated rings. The molecule has 262 valence electrons. The molecule has 0 saturated carbocycles. The number of fused-ring (bicyclic) bond motifs is 6. The van der Waals surface area contributed by atoms with Gasteiger partial charge in [-0.25, -0.2) is 0 Å². The summed E-state index contributed by atoms with van der Waals surface area (Å²) in [5.41, 5.74) is 4.69. The molecule has 5 nitrogen and oxygen atoms in total. The molecule has 0 atom stereocenters. The van der Waals surface area contributed by atoms with Crippen molar-refractivity contribution >= 4 is 43.6 Å². The maximum absolute atomic E-state index is 9.19. The smallest absolute Gasteiger partial charge is 0.240 e. The van der Waals surface area contributed by atoms with Gasteiger partial charge in [-0.15, -0.1) is 0 Å². The van der Waals surface area contributed by atoms with Gasteiger partial charge in [0.05, 0.1) is 44.0 Å². The number of benzene rings is 8. The Kier molecular flexibility index (Phi) is 4.57. The van der Waals surface area contributed by atoms with Gasteiger partial charge in [0.25, 0.3) is 0 Å². The minimum absolute atomic E-state index is 0.141. The molecule has 11 rings (SSSR count). The van der Waals surface area contributed by atoms with Crippen LogP contribution in [0.1, 0.15) is 21.9 Å². The molecule has 0 unspecified atom stereocenters. The van der Waals surface area contributed by atoms with E-state index in [1.165, 1.54) is 0 Å². The molecule has 3 aromatic heterocycles. The van der Waals surface area contributed by atoms with E-state index in [0.29, 0.717) is 5.56 Å². The third-order valence-electron chi connectivity index (χ3n) is 9.76. The van der Waals surface area contributed by atoms with Crippen molar-refractivity contribution in [2.75, 3.05) is 0 Å². The average molecular weight is 732 g/mol. The Hall–Kier alpha value is -7.63. The fourth-order valence-electron chi connectivity index (χ4n) is 7.28. The standard InChI is InChI=1S/C51H33N5/c1-2-16-34(17-3-1)37-18-4-6-20-39(37)40-21-7-5-19-38(40)35-30-32-36(33-31-35)49-52-50(55-45-26-12-8-22-41(45)42-23-9-13-27-46(42)55)54-51(53-49)56-47-28-14-10-24-43(47)44-25-11-15-29-48(44)56/h1-33H/i8D,9D,10D,11D,12D,13D,14D,15D,22D,23D,24D,25D,26D,27D,28D,29D. The molecule has 0 aliphatic carbocycles. The highest BCUT2D eigenvalue weighted by atomic mass is 15.3. The summed E-state index contributed by atoms with van der Waals surface area (Å²) in [6.07, 6.45) is 0. The number of aromatic nitrogens is 5. The summed E-state index contributed by atoms with van der Waals surface area (Å²) in [4.78, 5) is 14.4. The normalized spacial score (nSPS) is 15.6. The second-order valence-corrected chi connectivity index (χ2v) is 12.9. The third kappa shape index (κ3) is 5.13. The van der Waals surface area contributed by atoms with Crippen LogP contribution in [0.3, 0.4) is 0 Å². The summed E-state index contributed by atoms with van der Waals surface area (Å²) in [6.45, 7) is 0. The number of para-hydroxylation sites is 4. The minimum atomic E-state index is -0.696. The summed E-state index contributed by atoms with van der Waals surface area (Å²) in [5.74, 6) is -1.07. The van der Waals surface area contributed by atoms with E-state index in [1.54, 1.807) is 12.1 Å². The molecule has 0 saturated heterocycles. The van der Waals surface area contributed by atoms with Crippen molar-refractivity contribution in [2.24, 2.45) is 0 Å². The Morgan fingerprint density at radius 1 is 0.321 bits per heavy atom. The van der Waals surface area contributed by atoms with Crippen molar-refractivity contribution in [1.29, 1.82) is 0 Å². The Bertz CT molecular complexity index is 3840. The van der Waals surface area contributed by atoms with Crippen molar-refractivity contribution in [1.82, 2.24) is 24.1 Å². The van der Waals surface area contributed by atoms with Crippen LogP contribution < -0.4 is 0 Å². The zero-order valence-electron chi connectivity index (χ0n) is 45.1. The van der Waals surface area contributed by atoms with E-state index in [-0.39, 0.29) is 49.4 Å². The van der Waals surface area contributed by atoms with Gasteiger partial charge in [-0.3, -0.25) is 9.13 Å². The number of hydrogen-bond donors (Lipinski definition) is 0. The zero-order chi connectivity index (χ0) is 50.9. The number of rotatable bonds is 6. The van der Waals surface area contributed by atoms with Crippen molar-refractivity contribution in [3.63, 3.8) is 0 Å². The fraction of sp³-hybridized carbons (Fsp3) is 0. The minimum Gasteiger partial charge on any atom is -0.278 e. The van der Waals surface area contributed by atoms with E-state index in [1.807, 2.05) is 78.9 Å². The van der Waals surface area contributed by atoms with E-state index in [0.717, 1.165) is 42.5 Å². The lowest BCUT2D eigenvalue weighted by atomic mass is 9.89. The molecule has 0 amide bonds. The van der Waals surface area contributed by atoms with Crippen LogP contribution in [0, 0.1) is 0 Å². The van der Waals surface area contributed by atoms with Gasteiger partial charge in [-0.1, -0.05) is 176 Å². The molecule has 0 bridgehead atoms. The van der Waals surface area contributed by atoms with Gasteiger partial charge in [-0.05, 0) is 57.6 Å². The molecule has 0 aliphatic rings. The predicted octanol–water partition coefficient (Wildman–Crippen LogP) is 12.7. The zero-order valence-corrected chi connectivity index (χ0v) is 29.1. The second-order valence-electron chi connectivity index (χ2n) is 12.9. The van der Waals surface area contributed by atoms with Crippen molar-refractivity contribution in [2.45, 2.75) is 0 Å². The highest BCUT2D eigenvalue weighted by Gasteiger charge is 2.20. The molecule has 5 heteroatoms. The van der Waals surface area contributed by atoms with E-state index in [4.69, 9.17) is 31.4 Å². The third-order valence-corrected chi connectivity index (χ3v) is 9.76. The maximum Gasteiger partial charge on any atom is 0.240 e. The lowest BCUT2D eigenvalue weighted by molar-refractivity contribution is 0.893. The monoisotopic (exact) mass is 731 g/mol. The molecule has 3 heterocycles. The molecule has 0 aliphatic heterocycles. The summed E-state index contributed by atoms with van der Waals surface area (Å²) in [6, 6.07) is 22.6. The molecular weight excluding hydrogens is 683 g/mol. The van der Waals surface area contributed by atoms with Crippen LogP contribution in [0.15, 0.2) is 200 Å². The van der Waals surface area contributed by atoms with Gasteiger partial charge < -0.3 is 0 Å². The van der Waals surface area contributed by atoms with Crippen LogP contribution in [-0.4, -0.2) is 24.1 Å². The highest BCUT2D eigenvalue weighted by Crippen LogP contribution is 2.39. The molecular formula is C51H33N5. The van der Waals surface area contributed by atoms with Gasteiger partial charge >= 0.3 is 0 Å².